The van der Waals surface area contributed by atoms with Crippen LogP contribution in [-0.2, 0) is 0 Å². The van der Waals surface area contributed by atoms with E-state index >= 15 is 0 Å². The zero-order chi connectivity index (χ0) is 11.0. The molecule has 2 unspecified atom stereocenters. The van der Waals surface area contributed by atoms with Crippen molar-refractivity contribution >= 4 is 11.4 Å². The van der Waals surface area contributed by atoms with Gasteiger partial charge in [-0.1, -0.05) is 0 Å². The standard InChI is InChI=1S/C10H13FN2O2/c11-6-1-2-8(7(12)3-6)13-4-9(14)10(15)5-13/h1-3,9-10,14-15H,4-5,12H2. The molecule has 4 N–H and O–H groups in total. The van der Waals surface area contributed by atoms with Crippen molar-refractivity contribution in [3.05, 3.63) is 24.0 Å². The fraction of sp³-hybridized carbons (Fsp3) is 0.400. The fourth-order valence-electron chi connectivity index (χ4n) is 1.78. The summed E-state index contributed by atoms with van der Waals surface area (Å²) in [4.78, 5) is 1.74. The molecule has 1 aliphatic heterocycles. The van der Waals surface area contributed by atoms with Gasteiger partial charge in [-0.2, -0.15) is 0 Å². The number of nitrogen functional groups attached to an aromatic ring is 1. The van der Waals surface area contributed by atoms with E-state index in [1.807, 2.05) is 0 Å². The second kappa shape index (κ2) is 3.67. The first-order valence-electron chi connectivity index (χ1n) is 4.74. The number of halogens is 1. The van der Waals surface area contributed by atoms with Gasteiger partial charge in [0.1, 0.15) is 5.82 Å². The predicted molar refractivity (Wildman–Crippen MR) is 55.0 cm³/mol. The number of β-amino-alcohol motifs (C(OH)–C–C–N with tert-alkyl or cyclic N) is 2. The van der Waals surface area contributed by atoms with Gasteiger partial charge in [-0.15, -0.1) is 0 Å². The van der Waals surface area contributed by atoms with Crippen molar-refractivity contribution in [2.75, 3.05) is 23.7 Å². The normalized spacial score (nSPS) is 25.9. The summed E-state index contributed by atoms with van der Waals surface area (Å²) in [7, 11) is 0. The third-order valence-corrected chi connectivity index (χ3v) is 2.59. The SMILES string of the molecule is Nc1cc(F)ccc1N1CC(O)C(O)C1. The zero-order valence-electron chi connectivity index (χ0n) is 8.10. The van der Waals surface area contributed by atoms with Crippen LogP contribution in [0.5, 0.6) is 0 Å². The molecule has 1 aliphatic rings. The van der Waals surface area contributed by atoms with Crippen LogP contribution in [0, 0.1) is 5.82 Å². The summed E-state index contributed by atoms with van der Waals surface area (Å²) in [5, 5.41) is 18.7. The van der Waals surface area contributed by atoms with Crippen molar-refractivity contribution in [1.82, 2.24) is 0 Å². The molecule has 2 atom stereocenters. The van der Waals surface area contributed by atoms with Crippen LogP contribution in [-0.4, -0.2) is 35.5 Å². The number of anilines is 2. The van der Waals surface area contributed by atoms with Crippen molar-refractivity contribution in [2.45, 2.75) is 12.2 Å². The van der Waals surface area contributed by atoms with Gasteiger partial charge in [0.15, 0.2) is 0 Å². The Balaban J connectivity index is 2.24. The van der Waals surface area contributed by atoms with Crippen LogP contribution in [0.1, 0.15) is 0 Å². The smallest absolute Gasteiger partial charge is 0.125 e. The number of nitrogens with two attached hydrogens (primary N) is 1. The molecule has 0 aliphatic carbocycles. The second-order valence-corrected chi connectivity index (χ2v) is 3.74. The molecule has 0 bridgehead atoms. The molecule has 0 radical (unpaired) electrons. The van der Waals surface area contributed by atoms with Crippen LogP contribution in [0.2, 0.25) is 0 Å². The number of hydrogen-bond acceptors (Lipinski definition) is 4. The molecule has 1 saturated heterocycles. The molecule has 0 saturated carbocycles. The lowest BCUT2D eigenvalue weighted by molar-refractivity contribution is 0.0572. The molecule has 1 aromatic rings. The minimum atomic E-state index is -0.769. The van der Waals surface area contributed by atoms with Gasteiger partial charge in [0.05, 0.1) is 23.6 Å². The minimum absolute atomic E-state index is 0.316. The number of aliphatic hydroxyl groups is 2. The average molecular weight is 212 g/mol. The van der Waals surface area contributed by atoms with E-state index in [9.17, 15) is 14.6 Å². The Kier molecular flexibility index (Phi) is 2.50. The average Bonchev–Trinajstić information content (AvgIpc) is 2.46. The summed E-state index contributed by atoms with van der Waals surface area (Å²) in [5.41, 5.74) is 6.61. The van der Waals surface area contributed by atoms with E-state index < -0.39 is 18.0 Å². The monoisotopic (exact) mass is 212 g/mol. The van der Waals surface area contributed by atoms with Crippen LogP contribution in [0.3, 0.4) is 0 Å². The molecule has 0 aromatic heterocycles. The Labute approximate surface area is 86.7 Å². The maximum Gasteiger partial charge on any atom is 0.125 e. The molecule has 15 heavy (non-hydrogen) atoms. The highest BCUT2D eigenvalue weighted by atomic mass is 19.1. The maximum atomic E-state index is 12.8. The highest BCUT2D eigenvalue weighted by Gasteiger charge is 2.30. The van der Waals surface area contributed by atoms with Crippen LogP contribution >= 0.6 is 0 Å². The second-order valence-electron chi connectivity index (χ2n) is 3.74. The maximum absolute atomic E-state index is 12.8. The Morgan fingerprint density at radius 2 is 1.87 bits per heavy atom. The van der Waals surface area contributed by atoms with E-state index in [0.717, 1.165) is 0 Å². The van der Waals surface area contributed by atoms with Crippen LogP contribution < -0.4 is 10.6 Å². The highest BCUT2D eigenvalue weighted by molar-refractivity contribution is 5.68. The number of nitrogens with zero attached hydrogens (tertiary/aromatic N) is 1. The summed E-state index contributed by atoms with van der Waals surface area (Å²) in [6.45, 7) is 0.633. The first-order valence-corrected chi connectivity index (χ1v) is 4.74. The van der Waals surface area contributed by atoms with Crippen LogP contribution in [0.25, 0.3) is 0 Å². The summed E-state index contributed by atoms with van der Waals surface area (Å²) >= 11 is 0. The molecule has 2 rings (SSSR count). The van der Waals surface area contributed by atoms with Crippen molar-refractivity contribution in [3.8, 4) is 0 Å². The van der Waals surface area contributed by atoms with E-state index in [2.05, 4.69) is 0 Å². The summed E-state index contributed by atoms with van der Waals surface area (Å²) in [6.07, 6.45) is -1.54. The van der Waals surface area contributed by atoms with Gasteiger partial charge >= 0.3 is 0 Å². The molecule has 1 aromatic carbocycles. The van der Waals surface area contributed by atoms with E-state index in [-0.39, 0.29) is 0 Å². The van der Waals surface area contributed by atoms with Crippen molar-refractivity contribution in [1.29, 1.82) is 0 Å². The summed E-state index contributed by atoms with van der Waals surface area (Å²) < 4.78 is 12.8. The van der Waals surface area contributed by atoms with Crippen molar-refractivity contribution in [3.63, 3.8) is 0 Å². The summed E-state index contributed by atoms with van der Waals surface area (Å²) in [6, 6.07) is 4.09. The Morgan fingerprint density at radius 1 is 1.27 bits per heavy atom. The number of aliphatic hydroxyl groups excluding tert-OH is 2. The first-order chi connectivity index (χ1) is 7.08. The lowest BCUT2D eigenvalue weighted by Crippen LogP contribution is -2.22. The molecular formula is C10H13FN2O2. The van der Waals surface area contributed by atoms with Crippen molar-refractivity contribution in [2.24, 2.45) is 0 Å². The fourth-order valence-corrected chi connectivity index (χ4v) is 1.78. The predicted octanol–water partition coefficient (Wildman–Crippen LogP) is -0.0503. The van der Waals surface area contributed by atoms with E-state index in [1.165, 1.54) is 12.1 Å². The van der Waals surface area contributed by atoms with Crippen LogP contribution in [0.4, 0.5) is 15.8 Å². The van der Waals surface area contributed by atoms with Crippen molar-refractivity contribution < 1.29 is 14.6 Å². The lowest BCUT2D eigenvalue weighted by Gasteiger charge is -2.19. The molecule has 0 amide bonds. The van der Waals surface area contributed by atoms with Gasteiger partial charge in [-0.05, 0) is 18.2 Å². The lowest BCUT2D eigenvalue weighted by atomic mass is 10.2. The Hall–Kier alpha value is -1.33. The highest BCUT2D eigenvalue weighted by Crippen LogP contribution is 2.27. The van der Waals surface area contributed by atoms with E-state index in [4.69, 9.17) is 5.73 Å². The van der Waals surface area contributed by atoms with E-state index in [1.54, 1.807) is 11.0 Å². The molecule has 1 fully saturated rings. The third-order valence-electron chi connectivity index (χ3n) is 2.59. The number of rotatable bonds is 1. The Morgan fingerprint density at radius 3 is 2.40 bits per heavy atom. The van der Waals surface area contributed by atoms with Gasteiger partial charge in [0, 0.05) is 13.1 Å². The van der Waals surface area contributed by atoms with Crippen LogP contribution in [0.15, 0.2) is 18.2 Å². The first kappa shape index (κ1) is 10.2. The van der Waals surface area contributed by atoms with Gasteiger partial charge in [0.25, 0.3) is 0 Å². The molecule has 0 spiro atoms. The van der Waals surface area contributed by atoms with E-state index in [0.29, 0.717) is 24.5 Å². The molecule has 82 valence electrons. The van der Waals surface area contributed by atoms with Gasteiger partial charge in [-0.3, -0.25) is 0 Å². The largest absolute Gasteiger partial charge is 0.397 e. The molecule has 1 heterocycles. The number of benzene rings is 1. The quantitative estimate of drug-likeness (QED) is 0.571. The summed E-state index contributed by atoms with van der Waals surface area (Å²) in [5.74, 6) is -0.392. The molecular weight excluding hydrogens is 199 g/mol. The van der Waals surface area contributed by atoms with Gasteiger partial charge in [0.2, 0.25) is 0 Å². The number of hydrogen-bond donors (Lipinski definition) is 3. The minimum Gasteiger partial charge on any atom is -0.397 e. The third kappa shape index (κ3) is 1.88. The Bertz CT molecular complexity index is 362. The topological polar surface area (TPSA) is 69.7 Å². The van der Waals surface area contributed by atoms with Gasteiger partial charge < -0.3 is 20.8 Å². The zero-order valence-corrected chi connectivity index (χ0v) is 8.10. The van der Waals surface area contributed by atoms with Gasteiger partial charge in [-0.25, -0.2) is 4.39 Å². The molecule has 4 nitrogen and oxygen atoms in total. The molecule has 5 heteroatoms.